The maximum Gasteiger partial charge on any atom is 0.235 e. The molecule has 20 heavy (non-hydrogen) atoms. The summed E-state index contributed by atoms with van der Waals surface area (Å²) in [4.78, 5) is 0. The molecular weight excluding hydrogens is 272 g/mol. The number of anilines is 1. The first kappa shape index (κ1) is 15.3. The molecule has 0 aromatic heterocycles. The molecule has 1 aliphatic heterocycles. The zero-order valence-corrected chi connectivity index (χ0v) is 13.1. The van der Waals surface area contributed by atoms with Gasteiger partial charge in [-0.05, 0) is 37.4 Å². The van der Waals surface area contributed by atoms with Crippen molar-refractivity contribution in [3.8, 4) is 0 Å². The summed E-state index contributed by atoms with van der Waals surface area (Å²) < 4.78 is 26.6. The van der Waals surface area contributed by atoms with Crippen LogP contribution >= 0.6 is 0 Å². The molecule has 0 radical (unpaired) electrons. The van der Waals surface area contributed by atoms with Crippen molar-refractivity contribution in [1.82, 2.24) is 5.32 Å². The zero-order valence-electron chi connectivity index (χ0n) is 12.3. The number of hydrogen-bond acceptors (Lipinski definition) is 3. The Kier molecular flexibility index (Phi) is 5.05. The lowest BCUT2D eigenvalue weighted by molar-refractivity contribution is 0.512. The number of benzene rings is 1. The van der Waals surface area contributed by atoms with E-state index in [0.29, 0.717) is 13.0 Å². The maximum absolute atomic E-state index is 12.5. The zero-order chi connectivity index (χ0) is 14.6. The van der Waals surface area contributed by atoms with E-state index in [-0.39, 0.29) is 11.8 Å². The fraction of sp³-hybridized carbons (Fsp3) is 0.600. The third-order valence-electron chi connectivity index (χ3n) is 3.68. The quantitative estimate of drug-likeness (QED) is 0.909. The number of rotatable bonds is 5. The standard InChI is InChI=1S/C15H24N2O2S/c1-3-12-20(18,19)17-11-7-9-14(16-4-2)13-8-5-6-10-15(13)17/h5-6,8,10,14,16H,3-4,7,9,11-12H2,1-2H3. The van der Waals surface area contributed by atoms with Gasteiger partial charge in [0.1, 0.15) is 0 Å². The van der Waals surface area contributed by atoms with Crippen molar-refractivity contribution in [3.05, 3.63) is 29.8 Å². The van der Waals surface area contributed by atoms with Crippen molar-refractivity contribution in [3.63, 3.8) is 0 Å². The molecule has 112 valence electrons. The van der Waals surface area contributed by atoms with Crippen LogP contribution < -0.4 is 9.62 Å². The van der Waals surface area contributed by atoms with E-state index in [4.69, 9.17) is 0 Å². The third-order valence-corrected chi connectivity index (χ3v) is 5.66. The lowest BCUT2D eigenvalue weighted by Crippen LogP contribution is -2.33. The molecule has 1 N–H and O–H groups in total. The first-order valence-corrected chi connectivity index (χ1v) is 9.03. The van der Waals surface area contributed by atoms with Gasteiger partial charge in [0.05, 0.1) is 11.4 Å². The summed E-state index contributed by atoms with van der Waals surface area (Å²) >= 11 is 0. The molecule has 2 rings (SSSR count). The summed E-state index contributed by atoms with van der Waals surface area (Å²) in [6.07, 6.45) is 2.51. The first-order chi connectivity index (χ1) is 9.60. The van der Waals surface area contributed by atoms with Gasteiger partial charge in [-0.1, -0.05) is 32.0 Å². The molecule has 1 aromatic carbocycles. The Morgan fingerprint density at radius 2 is 2.05 bits per heavy atom. The largest absolute Gasteiger partial charge is 0.310 e. The van der Waals surface area contributed by atoms with E-state index in [9.17, 15) is 8.42 Å². The van der Waals surface area contributed by atoms with Crippen LogP contribution in [-0.2, 0) is 10.0 Å². The molecule has 1 heterocycles. The summed E-state index contributed by atoms with van der Waals surface area (Å²) in [7, 11) is -3.20. The van der Waals surface area contributed by atoms with Crippen LogP contribution in [0.2, 0.25) is 0 Å². The van der Waals surface area contributed by atoms with E-state index < -0.39 is 10.0 Å². The van der Waals surface area contributed by atoms with Crippen LogP contribution in [-0.4, -0.2) is 27.3 Å². The van der Waals surface area contributed by atoms with Gasteiger partial charge < -0.3 is 5.32 Å². The first-order valence-electron chi connectivity index (χ1n) is 7.43. The Bertz CT molecular complexity index is 543. The van der Waals surface area contributed by atoms with E-state index in [1.807, 2.05) is 31.2 Å². The Morgan fingerprint density at radius 1 is 1.30 bits per heavy atom. The fourth-order valence-electron chi connectivity index (χ4n) is 2.84. The van der Waals surface area contributed by atoms with Crippen LogP contribution in [0, 0.1) is 0 Å². The summed E-state index contributed by atoms with van der Waals surface area (Å²) in [6, 6.07) is 8.12. The molecule has 1 atom stereocenters. The average molecular weight is 296 g/mol. The van der Waals surface area contributed by atoms with E-state index in [1.165, 1.54) is 0 Å². The van der Waals surface area contributed by atoms with Crippen LogP contribution in [0.5, 0.6) is 0 Å². The monoisotopic (exact) mass is 296 g/mol. The van der Waals surface area contributed by atoms with Crippen molar-refractivity contribution in [1.29, 1.82) is 0 Å². The summed E-state index contributed by atoms with van der Waals surface area (Å²) in [5.41, 5.74) is 1.95. The van der Waals surface area contributed by atoms with Gasteiger partial charge in [-0.25, -0.2) is 8.42 Å². The highest BCUT2D eigenvalue weighted by Crippen LogP contribution is 2.34. The highest BCUT2D eigenvalue weighted by Gasteiger charge is 2.28. The average Bonchev–Trinajstić information content (AvgIpc) is 2.60. The lowest BCUT2D eigenvalue weighted by atomic mass is 10.0. The Labute approximate surface area is 122 Å². The molecule has 0 aliphatic carbocycles. The number of sulfonamides is 1. The van der Waals surface area contributed by atoms with E-state index in [0.717, 1.165) is 30.6 Å². The number of para-hydroxylation sites is 1. The van der Waals surface area contributed by atoms with Crippen LogP contribution in [0.3, 0.4) is 0 Å². The van der Waals surface area contributed by atoms with Gasteiger partial charge in [0, 0.05) is 12.6 Å². The van der Waals surface area contributed by atoms with E-state index in [1.54, 1.807) is 4.31 Å². The molecule has 4 nitrogen and oxygen atoms in total. The second-order valence-electron chi connectivity index (χ2n) is 5.20. The maximum atomic E-state index is 12.5. The minimum atomic E-state index is -3.20. The van der Waals surface area contributed by atoms with Crippen LogP contribution in [0.4, 0.5) is 5.69 Å². The van der Waals surface area contributed by atoms with Crippen molar-refractivity contribution < 1.29 is 8.42 Å². The normalized spacial score (nSPS) is 19.5. The molecule has 1 unspecified atom stereocenters. The topological polar surface area (TPSA) is 49.4 Å². The molecule has 5 heteroatoms. The second kappa shape index (κ2) is 6.59. The number of hydrogen-bond donors (Lipinski definition) is 1. The highest BCUT2D eigenvalue weighted by atomic mass is 32.2. The van der Waals surface area contributed by atoms with Crippen molar-refractivity contribution >= 4 is 15.7 Å². The molecule has 1 aromatic rings. The molecule has 0 amide bonds. The minimum Gasteiger partial charge on any atom is -0.310 e. The van der Waals surface area contributed by atoms with E-state index >= 15 is 0 Å². The van der Waals surface area contributed by atoms with Crippen molar-refractivity contribution in [2.45, 2.75) is 39.2 Å². The Morgan fingerprint density at radius 3 is 2.75 bits per heavy atom. The van der Waals surface area contributed by atoms with Crippen molar-refractivity contribution in [2.24, 2.45) is 0 Å². The number of fused-ring (bicyclic) bond motifs is 1. The van der Waals surface area contributed by atoms with Gasteiger partial charge in [-0.2, -0.15) is 0 Å². The molecule has 0 saturated heterocycles. The van der Waals surface area contributed by atoms with Gasteiger partial charge in [-0.3, -0.25) is 4.31 Å². The van der Waals surface area contributed by atoms with Gasteiger partial charge in [0.25, 0.3) is 0 Å². The van der Waals surface area contributed by atoms with Crippen LogP contribution in [0.25, 0.3) is 0 Å². The second-order valence-corrected chi connectivity index (χ2v) is 7.21. The SMILES string of the molecule is CCCS(=O)(=O)N1CCCC(NCC)c2ccccc21. The number of nitrogens with one attached hydrogen (secondary N) is 1. The fourth-order valence-corrected chi connectivity index (χ4v) is 4.45. The van der Waals surface area contributed by atoms with E-state index in [2.05, 4.69) is 12.2 Å². The Hall–Kier alpha value is -1.07. The third kappa shape index (κ3) is 3.15. The molecule has 0 saturated carbocycles. The molecule has 0 bridgehead atoms. The van der Waals surface area contributed by atoms with Gasteiger partial charge >= 0.3 is 0 Å². The summed E-state index contributed by atoms with van der Waals surface area (Å²) in [5, 5.41) is 3.46. The van der Waals surface area contributed by atoms with Crippen LogP contribution in [0.1, 0.15) is 44.7 Å². The highest BCUT2D eigenvalue weighted by molar-refractivity contribution is 7.92. The van der Waals surface area contributed by atoms with Gasteiger partial charge in [-0.15, -0.1) is 0 Å². The molecular formula is C15H24N2O2S. The predicted molar refractivity (Wildman–Crippen MR) is 83.5 cm³/mol. The molecule has 1 aliphatic rings. The molecule has 0 spiro atoms. The van der Waals surface area contributed by atoms with Crippen LogP contribution in [0.15, 0.2) is 24.3 Å². The van der Waals surface area contributed by atoms with Crippen molar-refractivity contribution in [2.75, 3.05) is 23.1 Å². The number of nitrogens with zero attached hydrogens (tertiary/aromatic N) is 1. The minimum absolute atomic E-state index is 0.215. The van der Waals surface area contributed by atoms with Gasteiger partial charge in [0.15, 0.2) is 0 Å². The molecule has 0 fully saturated rings. The van der Waals surface area contributed by atoms with Gasteiger partial charge in [0.2, 0.25) is 10.0 Å². The lowest BCUT2D eigenvalue weighted by Gasteiger charge is -2.25. The summed E-state index contributed by atoms with van der Waals surface area (Å²) in [5.74, 6) is 0.215. The smallest absolute Gasteiger partial charge is 0.235 e. The predicted octanol–water partition coefficient (Wildman–Crippen LogP) is 2.68. The Balaban J connectivity index is 2.43. The summed E-state index contributed by atoms with van der Waals surface area (Å²) in [6.45, 7) is 5.46.